The molecule has 0 aliphatic carbocycles. The fourth-order valence-electron chi connectivity index (χ4n) is 1.94. The van der Waals surface area contributed by atoms with E-state index in [2.05, 4.69) is 11.9 Å². The molecule has 1 atom stereocenters. The molecule has 1 aliphatic heterocycles. The van der Waals surface area contributed by atoms with E-state index in [1.165, 1.54) is 18.2 Å². The van der Waals surface area contributed by atoms with Gasteiger partial charge in [-0.2, -0.15) is 5.06 Å². The van der Waals surface area contributed by atoms with E-state index in [1.807, 2.05) is 0 Å². The first-order valence-electron chi connectivity index (χ1n) is 5.62. The maximum absolute atomic E-state index is 12.0. The highest BCUT2D eigenvalue weighted by atomic mass is 16.5. The van der Waals surface area contributed by atoms with Gasteiger partial charge in [0.05, 0.1) is 0 Å². The Hall–Kier alpha value is -2.47. The number of carbonyl (C=O) groups excluding carboxylic acids is 3. The van der Waals surface area contributed by atoms with Crippen LogP contribution in [-0.4, -0.2) is 34.5 Å². The largest absolute Gasteiger partial charge is 0.352 e. The van der Waals surface area contributed by atoms with E-state index in [0.29, 0.717) is 5.56 Å². The average molecular weight is 260 g/mol. The minimum atomic E-state index is -1.22. The van der Waals surface area contributed by atoms with Crippen molar-refractivity contribution in [2.24, 2.45) is 0 Å². The van der Waals surface area contributed by atoms with Gasteiger partial charge in [0.1, 0.15) is 5.92 Å². The number of nitrogens with one attached hydrogen (secondary N) is 1. The van der Waals surface area contributed by atoms with E-state index in [9.17, 15) is 19.6 Å². The van der Waals surface area contributed by atoms with Gasteiger partial charge in [0, 0.05) is 12.1 Å². The summed E-state index contributed by atoms with van der Waals surface area (Å²) in [7, 11) is 0. The Morgan fingerprint density at radius 1 is 1.42 bits per heavy atom. The Bertz CT molecular complexity index is 568. The van der Waals surface area contributed by atoms with Crippen LogP contribution in [0, 0.1) is 0 Å². The fourth-order valence-corrected chi connectivity index (χ4v) is 1.94. The Morgan fingerprint density at radius 2 is 2.11 bits per heavy atom. The number of amides is 3. The highest BCUT2D eigenvalue weighted by Crippen LogP contribution is 2.28. The molecular formula is C13H12N2O4. The molecule has 2 rings (SSSR count). The third-order valence-electron chi connectivity index (χ3n) is 2.83. The lowest BCUT2D eigenvalue weighted by atomic mass is 9.89. The van der Waals surface area contributed by atoms with Crippen molar-refractivity contribution in [3.63, 3.8) is 0 Å². The molecule has 1 aromatic rings. The maximum atomic E-state index is 12.0. The highest BCUT2D eigenvalue weighted by molar-refractivity contribution is 6.18. The first kappa shape index (κ1) is 13.0. The fraction of sp³-hybridized carbons (Fsp3) is 0.154. The minimum Gasteiger partial charge on any atom is -0.352 e. The van der Waals surface area contributed by atoms with Crippen molar-refractivity contribution in [1.29, 1.82) is 0 Å². The monoisotopic (exact) mass is 260 g/mol. The Morgan fingerprint density at radius 3 is 2.79 bits per heavy atom. The van der Waals surface area contributed by atoms with Crippen molar-refractivity contribution in [3.8, 4) is 0 Å². The number of hydroxylamine groups is 2. The van der Waals surface area contributed by atoms with Crippen LogP contribution in [0.25, 0.3) is 0 Å². The van der Waals surface area contributed by atoms with Gasteiger partial charge < -0.3 is 5.32 Å². The summed E-state index contributed by atoms with van der Waals surface area (Å²) in [5.74, 6) is -3.58. The van der Waals surface area contributed by atoms with Crippen LogP contribution in [0.5, 0.6) is 0 Å². The number of carbonyl (C=O) groups is 3. The Labute approximate surface area is 109 Å². The molecule has 1 heterocycles. The van der Waals surface area contributed by atoms with Crippen LogP contribution < -0.4 is 5.32 Å². The molecule has 1 aliphatic rings. The summed E-state index contributed by atoms with van der Waals surface area (Å²) >= 11 is 0. The van der Waals surface area contributed by atoms with Crippen molar-refractivity contribution in [3.05, 3.63) is 48.0 Å². The number of hydrogen-bond donors (Lipinski definition) is 2. The van der Waals surface area contributed by atoms with Crippen LogP contribution in [0.15, 0.2) is 36.9 Å². The van der Waals surface area contributed by atoms with Crippen molar-refractivity contribution >= 4 is 17.7 Å². The number of rotatable bonds is 3. The molecule has 0 saturated carbocycles. The van der Waals surface area contributed by atoms with E-state index in [-0.39, 0.29) is 17.2 Å². The molecule has 0 bridgehead atoms. The highest BCUT2D eigenvalue weighted by Gasteiger charge is 2.42. The van der Waals surface area contributed by atoms with Crippen molar-refractivity contribution < 1.29 is 19.6 Å². The van der Waals surface area contributed by atoms with Crippen molar-refractivity contribution in [2.75, 3.05) is 6.54 Å². The quantitative estimate of drug-likeness (QED) is 0.357. The third-order valence-corrected chi connectivity index (χ3v) is 2.83. The minimum absolute atomic E-state index is 0.0134. The molecule has 0 radical (unpaired) electrons. The maximum Gasteiger partial charge on any atom is 0.284 e. The molecule has 1 aromatic carbocycles. The molecule has 0 aromatic heterocycles. The number of nitrogens with zero attached hydrogens (tertiary/aromatic N) is 1. The van der Waals surface area contributed by atoms with Gasteiger partial charge in [-0.25, -0.2) is 0 Å². The second kappa shape index (κ2) is 5.03. The molecule has 98 valence electrons. The van der Waals surface area contributed by atoms with Gasteiger partial charge in [-0.15, -0.1) is 6.58 Å². The lowest BCUT2D eigenvalue weighted by Crippen LogP contribution is -2.47. The van der Waals surface area contributed by atoms with Crippen LogP contribution in [0.4, 0.5) is 0 Å². The van der Waals surface area contributed by atoms with Gasteiger partial charge >= 0.3 is 0 Å². The molecule has 0 fully saturated rings. The SMILES string of the molecule is C=CCNC(=O)C1C(=O)N(O)C(=O)c2ccccc21. The predicted octanol–water partition coefficient (Wildman–Crippen LogP) is 0.444. The summed E-state index contributed by atoms with van der Waals surface area (Å²) in [6.07, 6.45) is 1.47. The molecule has 6 nitrogen and oxygen atoms in total. The van der Waals surface area contributed by atoms with Gasteiger partial charge in [0.25, 0.3) is 11.8 Å². The summed E-state index contributed by atoms with van der Waals surface area (Å²) in [6.45, 7) is 3.65. The van der Waals surface area contributed by atoms with Crippen molar-refractivity contribution in [2.45, 2.75) is 5.92 Å². The summed E-state index contributed by atoms with van der Waals surface area (Å²) < 4.78 is 0. The van der Waals surface area contributed by atoms with Gasteiger partial charge in [0.2, 0.25) is 5.91 Å². The zero-order chi connectivity index (χ0) is 14.0. The van der Waals surface area contributed by atoms with E-state index >= 15 is 0 Å². The smallest absolute Gasteiger partial charge is 0.284 e. The van der Waals surface area contributed by atoms with Gasteiger partial charge in [0.15, 0.2) is 0 Å². The Balaban J connectivity index is 2.45. The van der Waals surface area contributed by atoms with E-state index in [4.69, 9.17) is 0 Å². The first-order valence-corrected chi connectivity index (χ1v) is 5.62. The van der Waals surface area contributed by atoms with Crippen LogP contribution in [0.2, 0.25) is 0 Å². The van der Waals surface area contributed by atoms with Crippen LogP contribution >= 0.6 is 0 Å². The van der Waals surface area contributed by atoms with Gasteiger partial charge in [-0.3, -0.25) is 19.6 Å². The topological polar surface area (TPSA) is 86.7 Å². The average Bonchev–Trinajstić information content (AvgIpc) is 2.43. The van der Waals surface area contributed by atoms with Crippen LogP contribution in [0.1, 0.15) is 21.8 Å². The van der Waals surface area contributed by atoms with Gasteiger partial charge in [-0.1, -0.05) is 24.3 Å². The van der Waals surface area contributed by atoms with Gasteiger partial charge in [-0.05, 0) is 11.6 Å². The molecule has 3 amide bonds. The summed E-state index contributed by atoms with van der Waals surface area (Å²) in [5.41, 5.74) is 0.438. The third kappa shape index (κ3) is 2.13. The van der Waals surface area contributed by atoms with Crippen LogP contribution in [-0.2, 0) is 9.59 Å². The number of benzene rings is 1. The van der Waals surface area contributed by atoms with E-state index < -0.39 is 23.6 Å². The molecule has 6 heteroatoms. The van der Waals surface area contributed by atoms with E-state index in [1.54, 1.807) is 12.1 Å². The second-order valence-corrected chi connectivity index (χ2v) is 4.01. The molecule has 2 N–H and O–H groups in total. The normalized spacial score (nSPS) is 17.9. The lowest BCUT2D eigenvalue weighted by molar-refractivity contribution is -0.158. The summed E-state index contributed by atoms with van der Waals surface area (Å²) in [6, 6.07) is 6.21. The number of imide groups is 1. The van der Waals surface area contributed by atoms with E-state index in [0.717, 1.165) is 0 Å². The molecular weight excluding hydrogens is 248 g/mol. The summed E-state index contributed by atoms with van der Waals surface area (Å²) in [4.78, 5) is 35.5. The zero-order valence-corrected chi connectivity index (χ0v) is 10.00. The van der Waals surface area contributed by atoms with Crippen molar-refractivity contribution in [1.82, 2.24) is 10.4 Å². The number of hydrogen-bond acceptors (Lipinski definition) is 4. The first-order chi connectivity index (χ1) is 9.07. The molecule has 19 heavy (non-hydrogen) atoms. The Kier molecular flexibility index (Phi) is 3.43. The zero-order valence-electron chi connectivity index (χ0n) is 10.00. The number of fused-ring (bicyclic) bond motifs is 1. The lowest BCUT2D eigenvalue weighted by Gasteiger charge is -2.27. The second-order valence-electron chi connectivity index (χ2n) is 4.01. The predicted molar refractivity (Wildman–Crippen MR) is 65.4 cm³/mol. The molecule has 0 spiro atoms. The van der Waals surface area contributed by atoms with Crippen LogP contribution in [0.3, 0.4) is 0 Å². The molecule has 1 unspecified atom stereocenters. The summed E-state index contributed by atoms with van der Waals surface area (Å²) in [5, 5.41) is 11.9. The standard InChI is InChI=1S/C13H12N2O4/c1-2-7-14-11(16)10-8-5-3-4-6-9(8)12(17)15(19)13(10)18/h2-6,10,19H,1,7H2,(H,14,16). The molecule has 0 saturated heterocycles.